The van der Waals surface area contributed by atoms with Crippen LogP contribution in [0.4, 0.5) is 5.82 Å². The number of allylic oxidation sites excluding steroid dienone is 2. The molecule has 1 aromatic carbocycles. The van der Waals surface area contributed by atoms with Crippen molar-refractivity contribution in [3.63, 3.8) is 0 Å². The van der Waals surface area contributed by atoms with Crippen LogP contribution < -0.4 is 10.6 Å². The van der Waals surface area contributed by atoms with Gasteiger partial charge in [-0.05, 0) is 81.7 Å². The maximum Gasteiger partial charge on any atom is 0.132 e. The molecule has 6 nitrogen and oxygen atoms in total. The lowest BCUT2D eigenvalue weighted by Crippen LogP contribution is -2.27. The largest absolute Gasteiger partial charge is 0.357 e. The second-order valence-electron chi connectivity index (χ2n) is 9.40. The second-order valence-corrected chi connectivity index (χ2v) is 9.40. The summed E-state index contributed by atoms with van der Waals surface area (Å²) in [7, 11) is 2.06. The van der Waals surface area contributed by atoms with Crippen molar-refractivity contribution in [2.75, 3.05) is 18.5 Å². The third-order valence-electron chi connectivity index (χ3n) is 6.42. The van der Waals surface area contributed by atoms with Crippen LogP contribution in [0.25, 0.3) is 5.70 Å². The molecule has 0 aliphatic carbocycles. The Morgan fingerprint density at radius 2 is 1.91 bits per heavy atom. The Morgan fingerprint density at radius 1 is 1.15 bits per heavy atom. The monoisotopic (exact) mass is 456 g/mol. The predicted molar refractivity (Wildman–Crippen MR) is 141 cm³/mol. The molecule has 0 saturated heterocycles. The number of nitrogens with zero attached hydrogens (tertiary/aromatic N) is 5. The lowest BCUT2D eigenvalue weighted by atomic mass is 9.87. The normalized spacial score (nSPS) is 19.6. The van der Waals surface area contributed by atoms with Gasteiger partial charge in [0.25, 0.3) is 0 Å². The fourth-order valence-corrected chi connectivity index (χ4v) is 4.18. The van der Waals surface area contributed by atoms with Crippen LogP contribution in [0.2, 0.25) is 0 Å². The number of hydrogen-bond donors (Lipinski definition) is 1. The number of aliphatic imine (C=N–C) groups is 1. The molecule has 2 aromatic rings. The minimum atomic E-state index is 0.139. The van der Waals surface area contributed by atoms with E-state index >= 15 is 0 Å². The highest BCUT2D eigenvalue weighted by Crippen LogP contribution is 2.33. The quantitative estimate of drug-likeness (QED) is 0.608. The summed E-state index contributed by atoms with van der Waals surface area (Å²) in [4.78, 5) is 16.4. The Bertz CT molecular complexity index is 1170. The van der Waals surface area contributed by atoms with E-state index in [-0.39, 0.29) is 5.92 Å². The van der Waals surface area contributed by atoms with Crippen molar-refractivity contribution >= 4 is 17.7 Å². The molecule has 1 aliphatic rings. The molecule has 3 rings (SSSR count). The van der Waals surface area contributed by atoms with Gasteiger partial charge in [-0.1, -0.05) is 19.1 Å². The van der Waals surface area contributed by atoms with Gasteiger partial charge in [-0.3, -0.25) is 4.99 Å². The van der Waals surface area contributed by atoms with Gasteiger partial charge in [0.05, 0.1) is 17.3 Å². The molecule has 6 heteroatoms. The van der Waals surface area contributed by atoms with E-state index in [1.54, 1.807) is 0 Å². The first-order valence-electron chi connectivity index (χ1n) is 12.0. The van der Waals surface area contributed by atoms with Gasteiger partial charge in [0.1, 0.15) is 11.6 Å². The first-order chi connectivity index (χ1) is 16.2. The maximum absolute atomic E-state index is 9.58. The van der Waals surface area contributed by atoms with Gasteiger partial charge in [-0.2, -0.15) is 5.26 Å². The third kappa shape index (κ3) is 5.98. The van der Waals surface area contributed by atoms with Crippen molar-refractivity contribution in [1.82, 2.24) is 9.97 Å². The average molecular weight is 457 g/mol. The molecule has 0 spiro atoms. The van der Waals surface area contributed by atoms with Crippen LogP contribution in [0.1, 0.15) is 74.7 Å². The summed E-state index contributed by atoms with van der Waals surface area (Å²) in [5.41, 5.74) is 13.0. The van der Waals surface area contributed by atoms with E-state index in [9.17, 15) is 5.26 Å². The highest BCUT2D eigenvalue weighted by molar-refractivity contribution is 5.86. The Kier molecular flexibility index (Phi) is 8.36. The van der Waals surface area contributed by atoms with Crippen molar-refractivity contribution < 1.29 is 0 Å². The van der Waals surface area contributed by atoms with E-state index < -0.39 is 0 Å². The first-order valence-corrected chi connectivity index (χ1v) is 12.0. The topological polar surface area (TPSA) is 91.2 Å². The van der Waals surface area contributed by atoms with E-state index in [0.29, 0.717) is 18.2 Å². The van der Waals surface area contributed by atoms with Crippen molar-refractivity contribution in [2.45, 2.75) is 65.8 Å². The van der Waals surface area contributed by atoms with Gasteiger partial charge < -0.3 is 10.6 Å². The average Bonchev–Trinajstić information content (AvgIpc) is 2.80. The minimum absolute atomic E-state index is 0.139. The zero-order chi connectivity index (χ0) is 24.8. The summed E-state index contributed by atoms with van der Waals surface area (Å²) in [5, 5.41) is 9.58. The first kappa shape index (κ1) is 25.3. The number of aryl methyl sites for hydroxylation is 1. The fourth-order valence-electron chi connectivity index (χ4n) is 4.18. The molecular weight excluding hydrogens is 420 g/mol. The summed E-state index contributed by atoms with van der Waals surface area (Å²) >= 11 is 0. The molecule has 2 heterocycles. The van der Waals surface area contributed by atoms with E-state index in [0.717, 1.165) is 59.0 Å². The zero-order valence-electron chi connectivity index (χ0n) is 21.3. The van der Waals surface area contributed by atoms with Crippen LogP contribution in [0.5, 0.6) is 0 Å². The van der Waals surface area contributed by atoms with Crippen LogP contribution in [-0.2, 0) is 6.42 Å². The summed E-state index contributed by atoms with van der Waals surface area (Å²) in [6.45, 7) is 11.0. The highest BCUT2D eigenvalue weighted by atomic mass is 15.2. The van der Waals surface area contributed by atoms with Gasteiger partial charge in [-0.15, -0.1) is 0 Å². The molecule has 34 heavy (non-hydrogen) atoms. The number of nitriles is 1. The zero-order valence-corrected chi connectivity index (χ0v) is 21.3. The molecule has 2 N–H and O–H groups in total. The Balaban J connectivity index is 2.03. The summed E-state index contributed by atoms with van der Waals surface area (Å²) < 4.78 is 0. The number of hydrogen-bond acceptors (Lipinski definition) is 6. The third-order valence-corrected chi connectivity index (χ3v) is 6.42. The van der Waals surface area contributed by atoms with Crippen molar-refractivity contribution in [3.8, 4) is 6.07 Å². The van der Waals surface area contributed by atoms with Gasteiger partial charge in [0, 0.05) is 43.2 Å². The maximum atomic E-state index is 9.58. The number of anilines is 1. The smallest absolute Gasteiger partial charge is 0.132 e. The number of benzene rings is 1. The number of rotatable bonds is 7. The molecule has 1 aromatic heterocycles. The van der Waals surface area contributed by atoms with E-state index in [1.807, 2.05) is 31.3 Å². The van der Waals surface area contributed by atoms with Crippen LogP contribution >= 0.6 is 0 Å². The second kappa shape index (κ2) is 11.2. The molecule has 0 unspecified atom stereocenters. The minimum Gasteiger partial charge on any atom is -0.357 e. The molecule has 0 radical (unpaired) electrons. The van der Waals surface area contributed by atoms with Crippen LogP contribution in [0.3, 0.4) is 0 Å². The molecular formula is C28H36N6. The summed E-state index contributed by atoms with van der Waals surface area (Å²) in [6.07, 6.45) is 6.66. The summed E-state index contributed by atoms with van der Waals surface area (Å²) in [5.74, 6) is 1.84. The van der Waals surface area contributed by atoms with Gasteiger partial charge in [0.2, 0.25) is 0 Å². The fraction of sp³-hybridized carbons (Fsp3) is 0.429. The Labute approximate surface area is 203 Å². The molecule has 0 saturated carbocycles. The molecule has 1 aliphatic heterocycles. The molecule has 178 valence electrons. The Morgan fingerprint density at radius 3 is 2.59 bits per heavy atom. The molecule has 0 fully saturated rings. The van der Waals surface area contributed by atoms with E-state index in [1.165, 1.54) is 5.57 Å². The van der Waals surface area contributed by atoms with Crippen molar-refractivity contribution in [2.24, 2.45) is 10.7 Å². The molecule has 1 atom stereocenters. The van der Waals surface area contributed by atoms with E-state index in [2.05, 4.69) is 62.8 Å². The van der Waals surface area contributed by atoms with Crippen LogP contribution in [0, 0.1) is 18.3 Å². The van der Waals surface area contributed by atoms with Gasteiger partial charge in [-0.25, -0.2) is 9.97 Å². The highest BCUT2D eigenvalue weighted by Gasteiger charge is 2.19. The van der Waals surface area contributed by atoms with Gasteiger partial charge >= 0.3 is 0 Å². The summed E-state index contributed by atoms with van der Waals surface area (Å²) in [6, 6.07) is 10.6. The van der Waals surface area contributed by atoms with Crippen LogP contribution in [-0.4, -0.2) is 35.8 Å². The predicted octanol–water partition coefficient (Wildman–Crippen LogP) is 5.33. The lowest BCUT2D eigenvalue weighted by Gasteiger charge is -2.24. The van der Waals surface area contributed by atoms with Crippen molar-refractivity contribution in [3.05, 3.63) is 69.7 Å². The van der Waals surface area contributed by atoms with Gasteiger partial charge in [0.15, 0.2) is 0 Å². The molecule has 0 amide bonds. The standard InChI is InChI=1S/C28H36N6/c1-18(2)34(6)27-14-24(32-21(5)33-27)12-20(4)26-13-22(15-29)10-11-25(26)28-19(3)8-7-9-23(16-30)17-31-28/h9-11,13-14,17-18,20H,7-8,12,16,30H2,1-6H3/b23-9-,28-19+,31-17-/t20-/m0/s1. The molecule has 0 bridgehead atoms. The van der Waals surface area contributed by atoms with E-state index in [4.69, 9.17) is 15.7 Å². The SMILES string of the molecule is C\C1=C(c2ccc(C#N)cc2[C@@H](C)Cc2cc(N(C)C(C)C)nc(C)n2)/N=C\C(CN)=C/CC1. The number of aromatic nitrogens is 2. The van der Waals surface area contributed by atoms with Crippen molar-refractivity contribution in [1.29, 1.82) is 5.26 Å². The number of nitrogens with two attached hydrogens (primary N) is 1. The van der Waals surface area contributed by atoms with Crippen LogP contribution in [0.15, 0.2) is 46.5 Å². The Hall–Kier alpha value is -3.30. The lowest BCUT2D eigenvalue weighted by molar-refractivity contribution is 0.713.